The van der Waals surface area contributed by atoms with Crippen molar-refractivity contribution in [2.45, 2.75) is 38.2 Å². The third kappa shape index (κ3) is 3.01. The molecule has 0 spiro atoms. The van der Waals surface area contributed by atoms with Gasteiger partial charge in [-0.05, 0) is 18.8 Å². The van der Waals surface area contributed by atoms with Crippen LogP contribution in [0.3, 0.4) is 0 Å². The molecule has 2 rings (SSSR count). The van der Waals surface area contributed by atoms with Crippen LogP contribution in [0.25, 0.3) is 0 Å². The van der Waals surface area contributed by atoms with Crippen LogP contribution in [0.15, 0.2) is 11.0 Å². The minimum Gasteiger partial charge on any atom is -0.388 e. The lowest BCUT2D eigenvalue weighted by molar-refractivity contribution is -0.0109. The van der Waals surface area contributed by atoms with Gasteiger partial charge >= 0.3 is 5.69 Å². The van der Waals surface area contributed by atoms with Gasteiger partial charge in [0.1, 0.15) is 5.69 Å². The van der Waals surface area contributed by atoms with Gasteiger partial charge in [-0.3, -0.25) is 4.79 Å². The second-order valence-electron chi connectivity index (χ2n) is 5.27. The van der Waals surface area contributed by atoms with Gasteiger partial charge < -0.3 is 20.4 Å². The molecule has 0 aliphatic heterocycles. The zero-order valence-corrected chi connectivity index (χ0v) is 10.5. The van der Waals surface area contributed by atoms with Crippen molar-refractivity contribution in [1.82, 2.24) is 15.3 Å². The van der Waals surface area contributed by atoms with Gasteiger partial charge in [0.15, 0.2) is 0 Å². The molecule has 1 fully saturated rings. The summed E-state index contributed by atoms with van der Waals surface area (Å²) in [6.45, 7) is 2.33. The van der Waals surface area contributed by atoms with E-state index >= 15 is 0 Å². The Morgan fingerprint density at radius 1 is 1.67 bits per heavy atom. The zero-order valence-electron chi connectivity index (χ0n) is 10.5. The maximum Gasteiger partial charge on any atom is 0.323 e. The van der Waals surface area contributed by atoms with Crippen LogP contribution in [-0.2, 0) is 0 Å². The molecule has 1 aromatic heterocycles. The molecular weight excluding hydrogens is 234 g/mol. The average molecular weight is 253 g/mol. The molecule has 1 aliphatic carbocycles. The van der Waals surface area contributed by atoms with E-state index in [0.29, 0.717) is 18.8 Å². The number of carbonyl (C=O) groups excluding carboxylic acids is 1. The molecule has 4 N–H and O–H groups in total. The normalized spacial score (nSPS) is 28.0. The summed E-state index contributed by atoms with van der Waals surface area (Å²) in [4.78, 5) is 27.3. The number of amides is 1. The molecule has 18 heavy (non-hydrogen) atoms. The standard InChI is InChI=1S/C12H19N3O3/c1-8-3-2-4-12(18,5-8)7-14-10(16)9-6-13-11(17)15-9/h6,8,18H,2-5,7H2,1H3,(H,14,16)(H2,13,15,17). The van der Waals surface area contributed by atoms with E-state index in [-0.39, 0.29) is 18.1 Å². The summed E-state index contributed by atoms with van der Waals surface area (Å²) in [7, 11) is 0. The molecule has 1 amide bonds. The Labute approximate surface area is 105 Å². The number of imidazole rings is 1. The highest BCUT2D eigenvalue weighted by atomic mass is 16.3. The van der Waals surface area contributed by atoms with Crippen LogP contribution < -0.4 is 11.0 Å². The van der Waals surface area contributed by atoms with Crippen molar-refractivity contribution in [2.75, 3.05) is 6.54 Å². The summed E-state index contributed by atoms with van der Waals surface area (Å²) in [6.07, 6.45) is 4.85. The second-order valence-corrected chi connectivity index (χ2v) is 5.27. The molecule has 6 heteroatoms. The summed E-state index contributed by atoms with van der Waals surface area (Å²) in [5, 5.41) is 13.0. The highest BCUT2D eigenvalue weighted by molar-refractivity contribution is 5.91. The Morgan fingerprint density at radius 3 is 3.06 bits per heavy atom. The summed E-state index contributed by atoms with van der Waals surface area (Å²) in [5.74, 6) is 0.104. The third-order valence-corrected chi connectivity index (χ3v) is 3.49. The molecule has 100 valence electrons. The van der Waals surface area contributed by atoms with E-state index in [1.807, 2.05) is 0 Å². The van der Waals surface area contributed by atoms with Gasteiger partial charge in [-0.25, -0.2) is 4.79 Å². The predicted molar refractivity (Wildman–Crippen MR) is 66.3 cm³/mol. The van der Waals surface area contributed by atoms with Gasteiger partial charge in [-0.2, -0.15) is 0 Å². The summed E-state index contributed by atoms with van der Waals surface area (Å²) in [6, 6.07) is 0. The highest BCUT2D eigenvalue weighted by Crippen LogP contribution is 2.31. The number of hydrogen-bond donors (Lipinski definition) is 4. The van der Waals surface area contributed by atoms with Crippen molar-refractivity contribution in [3.63, 3.8) is 0 Å². The lowest BCUT2D eigenvalue weighted by atomic mass is 9.79. The lowest BCUT2D eigenvalue weighted by Gasteiger charge is -2.35. The Morgan fingerprint density at radius 2 is 2.44 bits per heavy atom. The number of carbonyl (C=O) groups is 1. The van der Waals surface area contributed by atoms with E-state index < -0.39 is 11.3 Å². The molecule has 0 radical (unpaired) electrons. The van der Waals surface area contributed by atoms with Crippen LogP contribution in [0.5, 0.6) is 0 Å². The fraction of sp³-hybridized carbons (Fsp3) is 0.667. The third-order valence-electron chi connectivity index (χ3n) is 3.49. The maximum atomic E-state index is 11.7. The van der Waals surface area contributed by atoms with Crippen molar-refractivity contribution in [1.29, 1.82) is 0 Å². The van der Waals surface area contributed by atoms with Crippen molar-refractivity contribution in [2.24, 2.45) is 5.92 Å². The van der Waals surface area contributed by atoms with Crippen molar-refractivity contribution < 1.29 is 9.90 Å². The van der Waals surface area contributed by atoms with Crippen LogP contribution in [0.4, 0.5) is 0 Å². The van der Waals surface area contributed by atoms with Crippen LogP contribution in [-0.4, -0.2) is 33.1 Å². The van der Waals surface area contributed by atoms with Gasteiger partial charge in [-0.15, -0.1) is 0 Å². The quantitative estimate of drug-likeness (QED) is 0.626. The SMILES string of the molecule is CC1CCCC(O)(CNC(=O)c2c[nH]c(=O)[nH]2)C1. The second kappa shape index (κ2) is 4.97. The number of H-pyrrole nitrogens is 2. The molecule has 1 saturated carbocycles. The van der Waals surface area contributed by atoms with Crippen molar-refractivity contribution >= 4 is 5.91 Å². The highest BCUT2D eigenvalue weighted by Gasteiger charge is 2.32. The van der Waals surface area contributed by atoms with E-state index in [1.54, 1.807) is 0 Å². The summed E-state index contributed by atoms with van der Waals surface area (Å²) < 4.78 is 0. The van der Waals surface area contributed by atoms with E-state index in [1.165, 1.54) is 6.20 Å². The first-order valence-electron chi connectivity index (χ1n) is 6.27. The largest absolute Gasteiger partial charge is 0.388 e. The number of aromatic nitrogens is 2. The van der Waals surface area contributed by atoms with Crippen LogP contribution in [0, 0.1) is 5.92 Å². The van der Waals surface area contributed by atoms with Gasteiger partial charge in [0.05, 0.1) is 5.60 Å². The summed E-state index contributed by atoms with van der Waals surface area (Å²) >= 11 is 0. The zero-order chi connectivity index (χ0) is 13.2. The van der Waals surface area contributed by atoms with E-state index in [0.717, 1.165) is 12.8 Å². The van der Waals surface area contributed by atoms with E-state index in [4.69, 9.17) is 0 Å². The molecule has 1 heterocycles. The monoisotopic (exact) mass is 253 g/mol. The molecule has 2 atom stereocenters. The molecular formula is C12H19N3O3. The topological polar surface area (TPSA) is 98.0 Å². The maximum absolute atomic E-state index is 11.7. The molecule has 0 aromatic carbocycles. The minimum atomic E-state index is -0.816. The number of aliphatic hydroxyl groups is 1. The molecule has 1 aliphatic rings. The molecule has 1 aromatic rings. The fourth-order valence-electron chi connectivity index (χ4n) is 2.59. The van der Waals surface area contributed by atoms with E-state index in [2.05, 4.69) is 22.2 Å². The smallest absolute Gasteiger partial charge is 0.323 e. The average Bonchev–Trinajstić information content (AvgIpc) is 2.73. The molecule has 0 bridgehead atoms. The minimum absolute atomic E-state index is 0.187. The Bertz CT molecular complexity index is 479. The number of aromatic amines is 2. The summed E-state index contributed by atoms with van der Waals surface area (Å²) in [5.41, 5.74) is -1.04. The number of rotatable bonds is 3. The van der Waals surface area contributed by atoms with Gasteiger partial charge in [0.2, 0.25) is 0 Å². The number of hydrogen-bond acceptors (Lipinski definition) is 3. The molecule has 0 saturated heterocycles. The first-order valence-corrected chi connectivity index (χ1v) is 6.27. The predicted octanol–water partition coefficient (Wildman–Crippen LogP) is 0.374. The van der Waals surface area contributed by atoms with Crippen LogP contribution >= 0.6 is 0 Å². The first kappa shape index (κ1) is 12.9. The fourth-order valence-corrected chi connectivity index (χ4v) is 2.59. The van der Waals surface area contributed by atoms with Gasteiger partial charge in [0, 0.05) is 12.7 Å². The lowest BCUT2D eigenvalue weighted by Crippen LogP contribution is -2.45. The van der Waals surface area contributed by atoms with Crippen LogP contribution in [0.2, 0.25) is 0 Å². The Balaban J connectivity index is 1.91. The molecule has 2 unspecified atom stereocenters. The Kier molecular flexibility index (Phi) is 3.56. The number of nitrogens with one attached hydrogen (secondary N) is 3. The first-order chi connectivity index (χ1) is 8.48. The van der Waals surface area contributed by atoms with Gasteiger partial charge in [-0.1, -0.05) is 19.8 Å². The van der Waals surface area contributed by atoms with Crippen molar-refractivity contribution in [3.8, 4) is 0 Å². The van der Waals surface area contributed by atoms with Crippen molar-refractivity contribution in [3.05, 3.63) is 22.4 Å². The van der Waals surface area contributed by atoms with Gasteiger partial charge in [0.25, 0.3) is 5.91 Å². The van der Waals surface area contributed by atoms with E-state index in [9.17, 15) is 14.7 Å². The van der Waals surface area contributed by atoms with Crippen LogP contribution in [0.1, 0.15) is 43.1 Å². The molecule has 6 nitrogen and oxygen atoms in total. The Hall–Kier alpha value is -1.56.